The average molecular weight is 353 g/mol. The number of amides is 1. The first-order valence-corrected chi connectivity index (χ1v) is 9.07. The Morgan fingerprint density at radius 2 is 1.88 bits per heavy atom. The molecule has 2 aromatic rings. The van der Waals surface area contributed by atoms with Gasteiger partial charge in [0.15, 0.2) is 0 Å². The van der Waals surface area contributed by atoms with Crippen molar-refractivity contribution in [3.05, 3.63) is 71.6 Å². The summed E-state index contributed by atoms with van der Waals surface area (Å²) in [6.07, 6.45) is 5.69. The van der Waals surface area contributed by atoms with Crippen molar-refractivity contribution < 1.29 is 13.9 Å². The van der Waals surface area contributed by atoms with Crippen molar-refractivity contribution in [1.29, 1.82) is 0 Å². The molecule has 0 saturated heterocycles. The highest BCUT2D eigenvalue weighted by Crippen LogP contribution is 2.42. The Hall–Kier alpha value is -2.62. The lowest BCUT2D eigenvalue weighted by Gasteiger charge is -2.41. The van der Waals surface area contributed by atoms with Gasteiger partial charge in [0.2, 0.25) is 5.91 Å². The SMILES string of the molecule is CCC1(CC)C[C@H](NC(=O)/C=C/c2ccc(F)cc2)c2ccccc2O1. The summed E-state index contributed by atoms with van der Waals surface area (Å²) in [6.45, 7) is 4.23. The van der Waals surface area contributed by atoms with Crippen LogP contribution in [0.25, 0.3) is 6.08 Å². The zero-order valence-electron chi connectivity index (χ0n) is 15.2. The Balaban J connectivity index is 1.77. The molecule has 1 aliphatic rings. The highest BCUT2D eigenvalue weighted by molar-refractivity contribution is 5.92. The molecule has 1 amide bonds. The van der Waals surface area contributed by atoms with E-state index in [1.165, 1.54) is 18.2 Å². The maximum absolute atomic E-state index is 13.0. The van der Waals surface area contributed by atoms with Gasteiger partial charge < -0.3 is 10.1 Å². The monoisotopic (exact) mass is 353 g/mol. The molecule has 1 N–H and O–H groups in total. The molecule has 0 fully saturated rings. The minimum atomic E-state index is -0.291. The third-order valence-electron chi connectivity index (χ3n) is 5.10. The van der Waals surface area contributed by atoms with Crippen molar-refractivity contribution in [2.24, 2.45) is 0 Å². The molecule has 1 aliphatic heterocycles. The summed E-state index contributed by atoms with van der Waals surface area (Å²) < 4.78 is 19.2. The summed E-state index contributed by atoms with van der Waals surface area (Å²) in [7, 11) is 0. The van der Waals surface area contributed by atoms with E-state index in [2.05, 4.69) is 19.2 Å². The number of carbonyl (C=O) groups is 1. The van der Waals surface area contributed by atoms with Crippen molar-refractivity contribution in [2.75, 3.05) is 0 Å². The predicted octanol–water partition coefficient (Wildman–Crippen LogP) is 5.04. The first-order valence-electron chi connectivity index (χ1n) is 9.07. The Morgan fingerprint density at radius 1 is 1.19 bits per heavy atom. The van der Waals surface area contributed by atoms with Crippen molar-refractivity contribution in [3.8, 4) is 5.75 Å². The first kappa shape index (κ1) is 18.2. The highest BCUT2D eigenvalue weighted by atomic mass is 19.1. The number of ether oxygens (including phenoxy) is 1. The molecule has 0 aliphatic carbocycles. The smallest absolute Gasteiger partial charge is 0.244 e. The fourth-order valence-corrected chi connectivity index (χ4v) is 3.40. The van der Waals surface area contributed by atoms with Gasteiger partial charge >= 0.3 is 0 Å². The van der Waals surface area contributed by atoms with Crippen molar-refractivity contribution >= 4 is 12.0 Å². The molecule has 3 nitrogen and oxygen atoms in total. The van der Waals surface area contributed by atoms with Gasteiger partial charge in [-0.15, -0.1) is 0 Å². The Morgan fingerprint density at radius 3 is 2.58 bits per heavy atom. The van der Waals surface area contributed by atoms with Crippen LogP contribution in [0.3, 0.4) is 0 Å². The zero-order chi connectivity index (χ0) is 18.6. The molecular weight excluding hydrogens is 329 g/mol. The van der Waals surface area contributed by atoms with Gasteiger partial charge in [0.1, 0.15) is 17.2 Å². The van der Waals surface area contributed by atoms with Gasteiger partial charge in [-0.1, -0.05) is 44.2 Å². The van der Waals surface area contributed by atoms with Gasteiger partial charge in [-0.25, -0.2) is 4.39 Å². The van der Waals surface area contributed by atoms with Crippen LogP contribution in [0.5, 0.6) is 5.75 Å². The van der Waals surface area contributed by atoms with Crippen LogP contribution in [0.1, 0.15) is 50.3 Å². The van der Waals surface area contributed by atoms with Gasteiger partial charge in [0.05, 0.1) is 6.04 Å². The summed E-state index contributed by atoms with van der Waals surface area (Å²) in [5.41, 5.74) is 1.53. The lowest BCUT2D eigenvalue weighted by Crippen LogP contribution is -2.44. The number of hydrogen-bond donors (Lipinski definition) is 1. The quantitative estimate of drug-likeness (QED) is 0.765. The number of rotatable bonds is 5. The van der Waals surface area contributed by atoms with E-state index in [1.807, 2.05) is 24.3 Å². The van der Waals surface area contributed by atoms with Crippen LogP contribution >= 0.6 is 0 Å². The van der Waals surface area contributed by atoms with Gasteiger partial charge in [0.25, 0.3) is 0 Å². The standard InChI is InChI=1S/C22H24FNO2/c1-3-22(4-2)15-19(18-7-5-6-8-20(18)26-22)24-21(25)14-11-16-9-12-17(23)13-10-16/h5-14,19H,3-4,15H2,1-2H3,(H,24,25)/b14-11+/t19-/m0/s1. The van der Waals surface area contributed by atoms with Gasteiger partial charge in [-0.3, -0.25) is 4.79 Å². The Labute approximate surface area is 153 Å². The number of nitrogens with one attached hydrogen (secondary N) is 1. The molecule has 3 rings (SSSR count). The fourth-order valence-electron chi connectivity index (χ4n) is 3.40. The van der Waals surface area contributed by atoms with Crippen molar-refractivity contribution in [1.82, 2.24) is 5.32 Å². The summed E-state index contributed by atoms with van der Waals surface area (Å²) in [5.74, 6) is 0.383. The lowest BCUT2D eigenvalue weighted by atomic mass is 9.83. The number of benzene rings is 2. The summed E-state index contributed by atoms with van der Waals surface area (Å²) in [4.78, 5) is 12.4. The number of para-hydroxylation sites is 1. The normalized spacial score (nSPS) is 18.2. The Bertz CT molecular complexity index is 794. The number of halogens is 1. The van der Waals surface area contributed by atoms with E-state index in [0.717, 1.165) is 36.1 Å². The molecular formula is C22H24FNO2. The molecule has 4 heteroatoms. The van der Waals surface area contributed by atoms with E-state index in [-0.39, 0.29) is 23.4 Å². The summed E-state index contributed by atoms with van der Waals surface area (Å²) in [6, 6.07) is 13.8. The van der Waals surface area contributed by atoms with Crippen LogP contribution in [-0.4, -0.2) is 11.5 Å². The van der Waals surface area contributed by atoms with Gasteiger partial charge in [-0.2, -0.15) is 0 Å². The van der Waals surface area contributed by atoms with Crippen LogP contribution in [0.2, 0.25) is 0 Å². The van der Waals surface area contributed by atoms with E-state index < -0.39 is 0 Å². The molecule has 0 aromatic heterocycles. The lowest BCUT2D eigenvalue weighted by molar-refractivity contribution is -0.117. The predicted molar refractivity (Wildman–Crippen MR) is 101 cm³/mol. The van der Waals surface area contributed by atoms with E-state index in [0.29, 0.717) is 0 Å². The molecule has 1 atom stereocenters. The molecule has 0 bridgehead atoms. The minimum Gasteiger partial charge on any atom is -0.487 e. The molecule has 0 radical (unpaired) electrons. The highest BCUT2D eigenvalue weighted by Gasteiger charge is 2.38. The fraction of sp³-hybridized carbons (Fsp3) is 0.318. The first-order chi connectivity index (χ1) is 12.5. The number of hydrogen-bond acceptors (Lipinski definition) is 2. The molecule has 136 valence electrons. The maximum atomic E-state index is 13.0. The van der Waals surface area contributed by atoms with E-state index in [4.69, 9.17) is 4.74 Å². The zero-order valence-corrected chi connectivity index (χ0v) is 15.2. The number of carbonyl (C=O) groups excluding carboxylic acids is 1. The molecule has 0 spiro atoms. The largest absolute Gasteiger partial charge is 0.487 e. The third kappa shape index (κ3) is 3.96. The van der Waals surface area contributed by atoms with E-state index in [9.17, 15) is 9.18 Å². The summed E-state index contributed by atoms with van der Waals surface area (Å²) >= 11 is 0. The second kappa shape index (κ2) is 7.73. The van der Waals surface area contributed by atoms with Gasteiger partial charge in [0, 0.05) is 18.1 Å². The van der Waals surface area contributed by atoms with E-state index in [1.54, 1.807) is 18.2 Å². The topological polar surface area (TPSA) is 38.3 Å². The second-order valence-electron chi connectivity index (χ2n) is 6.68. The Kier molecular flexibility index (Phi) is 5.40. The second-order valence-corrected chi connectivity index (χ2v) is 6.68. The van der Waals surface area contributed by atoms with Crippen LogP contribution in [0, 0.1) is 5.82 Å². The van der Waals surface area contributed by atoms with Crippen LogP contribution < -0.4 is 10.1 Å². The maximum Gasteiger partial charge on any atom is 0.244 e. The molecule has 0 saturated carbocycles. The molecule has 0 unspecified atom stereocenters. The van der Waals surface area contributed by atoms with Crippen LogP contribution in [0.15, 0.2) is 54.6 Å². The summed E-state index contributed by atoms with van der Waals surface area (Å²) in [5, 5.41) is 3.10. The average Bonchev–Trinajstić information content (AvgIpc) is 2.67. The molecule has 26 heavy (non-hydrogen) atoms. The van der Waals surface area contributed by atoms with E-state index >= 15 is 0 Å². The molecule has 2 aromatic carbocycles. The molecule has 1 heterocycles. The van der Waals surface area contributed by atoms with Crippen LogP contribution in [-0.2, 0) is 4.79 Å². The van der Waals surface area contributed by atoms with Crippen molar-refractivity contribution in [3.63, 3.8) is 0 Å². The van der Waals surface area contributed by atoms with Gasteiger partial charge in [-0.05, 0) is 42.7 Å². The minimum absolute atomic E-state index is 0.0924. The van der Waals surface area contributed by atoms with Crippen molar-refractivity contribution in [2.45, 2.75) is 44.8 Å². The number of fused-ring (bicyclic) bond motifs is 1. The van der Waals surface area contributed by atoms with Crippen LogP contribution in [0.4, 0.5) is 4.39 Å². The third-order valence-corrected chi connectivity index (χ3v) is 5.10.